The number of hydrogen-bond acceptors (Lipinski definition) is 2. The highest BCUT2D eigenvalue weighted by Gasteiger charge is 2.35. The van der Waals surface area contributed by atoms with Gasteiger partial charge in [0.05, 0.1) is 11.7 Å². The first kappa shape index (κ1) is 9.75. The van der Waals surface area contributed by atoms with Crippen molar-refractivity contribution in [2.75, 3.05) is 6.61 Å². The summed E-state index contributed by atoms with van der Waals surface area (Å²) in [5, 5.41) is 8.81. The Kier molecular flexibility index (Phi) is 2.91. The van der Waals surface area contributed by atoms with Crippen LogP contribution in [0.2, 0.25) is 0 Å². The lowest BCUT2D eigenvalue weighted by molar-refractivity contribution is -0.0283. The van der Waals surface area contributed by atoms with E-state index in [1.54, 1.807) is 0 Å². The van der Waals surface area contributed by atoms with Crippen molar-refractivity contribution in [3.8, 4) is 0 Å². The van der Waals surface area contributed by atoms with Gasteiger partial charge in [0.15, 0.2) is 0 Å². The van der Waals surface area contributed by atoms with Crippen molar-refractivity contribution in [2.45, 2.75) is 44.8 Å². The molecule has 2 nitrogen and oxygen atoms in total. The highest BCUT2D eigenvalue weighted by molar-refractivity contribution is 5.03. The zero-order chi connectivity index (χ0) is 9.19. The molecule has 1 aliphatic heterocycles. The van der Waals surface area contributed by atoms with Crippen molar-refractivity contribution in [1.29, 1.82) is 0 Å². The van der Waals surface area contributed by atoms with Crippen molar-refractivity contribution in [3.63, 3.8) is 0 Å². The number of ether oxygens (including phenoxy) is 1. The quantitative estimate of drug-likeness (QED) is 0.655. The van der Waals surface area contributed by atoms with Gasteiger partial charge in [-0.1, -0.05) is 12.2 Å². The molecule has 0 aromatic heterocycles. The summed E-state index contributed by atoms with van der Waals surface area (Å²) in [7, 11) is 0. The maximum absolute atomic E-state index is 8.81. The third kappa shape index (κ3) is 2.08. The van der Waals surface area contributed by atoms with Crippen LogP contribution in [-0.2, 0) is 4.74 Å². The molecule has 2 atom stereocenters. The summed E-state index contributed by atoms with van der Waals surface area (Å²) in [6.45, 7) is 8.14. The van der Waals surface area contributed by atoms with Crippen LogP contribution >= 0.6 is 0 Å². The van der Waals surface area contributed by atoms with Crippen molar-refractivity contribution in [2.24, 2.45) is 0 Å². The second kappa shape index (κ2) is 3.58. The average molecular weight is 170 g/mol. The van der Waals surface area contributed by atoms with Gasteiger partial charge in [-0.05, 0) is 33.1 Å². The molecule has 0 amide bonds. The van der Waals surface area contributed by atoms with Gasteiger partial charge in [0.25, 0.3) is 0 Å². The first-order valence-corrected chi connectivity index (χ1v) is 4.51. The smallest absolute Gasteiger partial charge is 0.0788 e. The Morgan fingerprint density at radius 1 is 1.75 bits per heavy atom. The van der Waals surface area contributed by atoms with E-state index in [2.05, 4.69) is 13.5 Å². The van der Waals surface area contributed by atoms with E-state index in [0.29, 0.717) is 0 Å². The lowest BCUT2D eigenvalue weighted by atomic mass is 9.98. The highest BCUT2D eigenvalue weighted by Crippen LogP contribution is 2.34. The van der Waals surface area contributed by atoms with Crippen LogP contribution in [0, 0.1) is 0 Å². The monoisotopic (exact) mass is 170 g/mol. The van der Waals surface area contributed by atoms with Gasteiger partial charge in [-0.2, -0.15) is 0 Å². The minimum atomic E-state index is -0.113. The summed E-state index contributed by atoms with van der Waals surface area (Å²) in [5.74, 6) is 0. The van der Waals surface area contributed by atoms with E-state index < -0.39 is 0 Å². The Morgan fingerprint density at radius 3 is 2.83 bits per heavy atom. The number of aliphatic hydroxyl groups excluding tert-OH is 1. The Bertz CT molecular complexity index is 177. The van der Waals surface area contributed by atoms with Crippen LogP contribution in [0.5, 0.6) is 0 Å². The summed E-state index contributed by atoms with van der Waals surface area (Å²) in [6, 6.07) is 0. The topological polar surface area (TPSA) is 29.5 Å². The predicted molar refractivity (Wildman–Crippen MR) is 49.0 cm³/mol. The average Bonchev–Trinajstić information content (AvgIpc) is 2.33. The predicted octanol–water partition coefficient (Wildman–Crippen LogP) is 1.88. The summed E-state index contributed by atoms with van der Waals surface area (Å²) >= 11 is 0. The fraction of sp³-hybridized carbons (Fsp3) is 0.800. The van der Waals surface area contributed by atoms with E-state index in [9.17, 15) is 0 Å². The van der Waals surface area contributed by atoms with Crippen LogP contribution in [-0.4, -0.2) is 23.4 Å². The maximum atomic E-state index is 8.81. The molecule has 1 aliphatic rings. The van der Waals surface area contributed by atoms with Crippen LogP contribution < -0.4 is 0 Å². The van der Waals surface area contributed by atoms with E-state index in [1.165, 1.54) is 0 Å². The second-order valence-corrected chi connectivity index (χ2v) is 3.92. The first-order chi connectivity index (χ1) is 5.57. The second-order valence-electron chi connectivity index (χ2n) is 3.92. The van der Waals surface area contributed by atoms with E-state index in [-0.39, 0.29) is 18.3 Å². The molecule has 12 heavy (non-hydrogen) atoms. The van der Waals surface area contributed by atoms with Crippen molar-refractivity contribution in [3.05, 3.63) is 12.2 Å². The van der Waals surface area contributed by atoms with E-state index >= 15 is 0 Å². The maximum Gasteiger partial charge on any atom is 0.0788 e. The molecule has 2 heteroatoms. The lowest BCUT2D eigenvalue weighted by Crippen LogP contribution is -2.26. The Labute approximate surface area is 74.2 Å². The molecule has 1 rings (SSSR count). The molecule has 1 N–H and O–H groups in total. The van der Waals surface area contributed by atoms with Gasteiger partial charge in [0.1, 0.15) is 0 Å². The molecule has 1 fully saturated rings. The summed E-state index contributed by atoms with van der Waals surface area (Å²) in [5.41, 5.74) is 0.981. The lowest BCUT2D eigenvalue weighted by Gasteiger charge is -2.23. The molecular weight excluding hydrogens is 152 g/mol. The molecular formula is C10H18O2. The minimum absolute atomic E-state index is 0.113. The van der Waals surface area contributed by atoms with Crippen molar-refractivity contribution in [1.82, 2.24) is 0 Å². The first-order valence-electron chi connectivity index (χ1n) is 4.51. The largest absolute Gasteiger partial charge is 0.396 e. The Hall–Kier alpha value is -0.340. The van der Waals surface area contributed by atoms with Crippen LogP contribution in [0.15, 0.2) is 12.2 Å². The van der Waals surface area contributed by atoms with E-state index in [0.717, 1.165) is 24.8 Å². The normalized spacial score (nSPS) is 35.4. The Morgan fingerprint density at radius 2 is 2.42 bits per heavy atom. The van der Waals surface area contributed by atoms with Crippen molar-refractivity contribution >= 4 is 0 Å². The van der Waals surface area contributed by atoms with Crippen LogP contribution in [0.3, 0.4) is 0 Å². The molecule has 0 aliphatic carbocycles. The molecule has 70 valence electrons. The minimum Gasteiger partial charge on any atom is -0.396 e. The molecule has 0 unspecified atom stereocenters. The molecule has 0 aromatic carbocycles. The number of aliphatic hydroxyl groups is 1. The van der Waals surface area contributed by atoms with Gasteiger partial charge in [-0.15, -0.1) is 0 Å². The Balaban J connectivity index is 2.48. The molecule has 0 bridgehead atoms. The molecule has 0 spiro atoms. The van der Waals surface area contributed by atoms with Gasteiger partial charge < -0.3 is 9.84 Å². The van der Waals surface area contributed by atoms with Crippen LogP contribution in [0.25, 0.3) is 0 Å². The number of rotatable bonds is 3. The summed E-state index contributed by atoms with van der Waals surface area (Å²) < 4.78 is 5.79. The zero-order valence-corrected chi connectivity index (χ0v) is 7.97. The third-order valence-electron chi connectivity index (χ3n) is 2.55. The third-order valence-corrected chi connectivity index (χ3v) is 2.55. The van der Waals surface area contributed by atoms with Gasteiger partial charge in [0.2, 0.25) is 0 Å². The molecule has 0 aromatic rings. The molecule has 1 heterocycles. The SMILES string of the molecule is C=C(C)[C@@H]1CC[C@](C)(CCO)O1. The molecule has 0 saturated carbocycles. The highest BCUT2D eigenvalue weighted by atomic mass is 16.5. The van der Waals surface area contributed by atoms with E-state index in [4.69, 9.17) is 9.84 Å². The van der Waals surface area contributed by atoms with Gasteiger partial charge >= 0.3 is 0 Å². The summed E-state index contributed by atoms with van der Waals surface area (Å²) in [4.78, 5) is 0. The fourth-order valence-electron chi connectivity index (χ4n) is 1.67. The summed E-state index contributed by atoms with van der Waals surface area (Å²) in [6.07, 6.45) is 3.02. The van der Waals surface area contributed by atoms with Gasteiger partial charge in [-0.25, -0.2) is 0 Å². The van der Waals surface area contributed by atoms with Crippen molar-refractivity contribution < 1.29 is 9.84 Å². The van der Waals surface area contributed by atoms with Gasteiger partial charge in [-0.3, -0.25) is 0 Å². The van der Waals surface area contributed by atoms with Gasteiger partial charge in [0, 0.05) is 6.61 Å². The fourth-order valence-corrected chi connectivity index (χ4v) is 1.67. The van der Waals surface area contributed by atoms with Crippen LogP contribution in [0.1, 0.15) is 33.1 Å². The van der Waals surface area contributed by atoms with Crippen LogP contribution in [0.4, 0.5) is 0 Å². The molecule has 1 saturated heterocycles. The van der Waals surface area contributed by atoms with E-state index in [1.807, 2.05) is 6.92 Å². The zero-order valence-electron chi connectivity index (χ0n) is 7.97. The number of hydrogen-bond donors (Lipinski definition) is 1. The molecule has 0 radical (unpaired) electrons. The standard InChI is InChI=1S/C10H18O2/c1-8(2)9-4-5-10(3,12-9)6-7-11/h9,11H,1,4-7H2,2-3H3/t9-,10+/m0/s1.